The van der Waals surface area contributed by atoms with Gasteiger partial charge in [-0.05, 0) is 12.1 Å². The predicted molar refractivity (Wildman–Crippen MR) is 91.8 cm³/mol. The SMILES string of the molecule is O=C(NCc1nc(-c2ccco2)n[nH]1)N1CCN(Cc2ncc[nH]2)CC1. The molecule has 0 spiro atoms. The third kappa shape index (κ3) is 3.75. The minimum absolute atomic E-state index is 0.0985. The number of nitrogens with zero attached hydrogens (tertiary/aromatic N) is 5. The molecule has 0 aliphatic carbocycles. The third-order valence-corrected chi connectivity index (χ3v) is 4.27. The highest BCUT2D eigenvalue weighted by molar-refractivity contribution is 5.74. The Morgan fingerprint density at radius 1 is 1.27 bits per heavy atom. The number of amides is 2. The number of urea groups is 1. The maximum Gasteiger partial charge on any atom is 0.317 e. The highest BCUT2D eigenvalue weighted by Crippen LogP contribution is 2.14. The van der Waals surface area contributed by atoms with Crippen molar-refractivity contribution in [2.45, 2.75) is 13.1 Å². The number of hydrogen-bond acceptors (Lipinski definition) is 6. The first-order chi connectivity index (χ1) is 12.8. The number of aromatic amines is 2. The number of carbonyl (C=O) groups is 1. The van der Waals surface area contributed by atoms with Gasteiger partial charge < -0.3 is 19.6 Å². The molecule has 0 atom stereocenters. The van der Waals surface area contributed by atoms with Gasteiger partial charge in [0.25, 0.3) is 0 Å². The molecule has 0 unspecified atom stereocenters. The summed E-state index contributed by atoms with van der Waals surface area (Å²) in [7, 11) is 0. The highest BCUT2D eigenvalue weighted by atomic mass is 16.3. The van der Waals surface area contributed by atoms with E-state index in [-0.39, 0.29) is 6.03 Å². The van der Waals surface area contributed by atoms with Crippen molar-refractivity contribution in [3.8, 4) is 11.6 Å². The maximum absolute atomic E-state index is 12.3. The van der Waals surface area contributed by atoms with E-state index >= 15 is 0 Å². The van der Waals surface area contributed by atoms with Gasteiger partial charge >= 0.3 is 6.03 Å². The Labute approximate surface area is 149 Å². The smallest absolute Gasteiger partial charge is 0.317 e. The molecule has 3 aromatic heterocycles. The molecule has 10 heteroatoms. The van der Waals surface area contributed by atoms with E-state index in [2.05, 4.69) is 35.4 Å². The van der Waals surface area contributed by atoms with Crippen LogP contribution in [0.3, 0.4) is 0 Å². The first kappa shape index (κ1) is 16.3. The summed E-state index contributed by atoms with van der Waals surface area (Å²) in [6.45, 7) is 4.06. The Kier molecular flexibility index (Phi) is 4.65. The quantitative estimate of drug-likeness (QED) is 0.623. The molecule has 1 aliphatic heterocycles. The zero-order chi connectivity index (χ0) is 17.8. The van der Waals surface area contributed by atoms with E-state index in [1.165, 1.54) is 0 Å². The molecule has 0 bridgehead atoms. The lowest BCUT2D eigenvalue weighted by Crippen LogP contribution is -2.51. The zero-order valence-corrected chi connectivity index (χ0v) is 14.2. The summed E-state index contributed by atoms with van der Waals surface area (Å²) in [6, 6.07) is 3.46. The second kappa shape index (κ2) is 7.40. The van der Waals surface area contributed by atoms with Crippen LogP contribution in [0.1, 0.15) is 11.6 Å². The van der Waals surface area contributed by atoms with Crippen molar-refractivity contribution in [1.29, 1.82) is 0 Å². The number of imidazole rings is 1. The molecule has 0 aromatic carbocycles. The van der Waals surface area contributed by atoms with Gasteiger partial charge in [-0.3, -0.25) is 10.00 Å². The molecule has 26 heavy (non-hydrogen) atoms. The van der Waals surface area contributed by atoms with Gasteiger partial charge in [0.15, 0.2) is 5.76 Å². The van der Waals surface area contributed by atoms with Crippen molar-refractivity contribution in [3.63, 3.8) is 0 Å². The summed E-state index contributed by atoms with van der Waals surface area (Å²) in [5.74, 6) is 2.60. The molecule has 3 aromatic rings. The zero-order valence-electron chi connectivity index (χ0n) is 14.2. The molecule has 4 heterocycles. The lowest BCUT2D eigenvalue weighted by molar-refractivity contribution is 0.133. The summed E-state index contributed by atoms with van der Waals surface area (Å²) in [4.78, 5) is 28.1. The monoisotopic (exact) mass is 356 g/mol. The standard InChI is InChI=1S/C16H20N8O2/c25-16(19-10-13-20-15(22-21-13)12-2-1-9-26-12)24-7-5-23(6-8-24)11-14-17-3-4-18-14/h1-4,9H,5-8,10-11H2,(H,17,18)(H,19,25)(H,20,21,22). The average molecular weight is 356 g/mol. The van der Waals surface area contributed by atoms with Gasteiger partial charge in [0.05, 0.1) is 19.4 Å². The molecule has 1 aliphatic rings. The lowest BCUT2D eigenvalue weighted by Gasteiger charge is -2.34. The van der Waals surface area contributed by atoms with Gasteiger partial charge in [0.2, 0.25) is 5.82 Å². The molecule has 0 saturated carbocycles. The third-order valence-electron chi connectivity index (χ3n) is 4.27. The summed E-state index contributed by atoms with van der Waals surface area (Å²) in [6.07, 6.45) is 5.14. The van der Waals surface area contributed by atoms with Crippen LogP contribution in [-0.4, -0.2) is 67.2 Å². The molecular formula is C16H20N8O2. The Morgan fingerprint density at radius 3 is 2.88 bits per heavy atom. The largest absolute Gasteiger partial charge is 0.461 e. The maximum atomic E-state index is 12.3. The number of rotatable bonds is 5. The van der Waals surface area contributed by atoms with Crippen molar-refractivity contribution in [3.05, 3.63) is 42.4 Å². The number of H-pyrrole nitrogens is 2. The Balaban J connectivity index is 1.23. The topological polar surface area (TPSA) is 119 Å². The number of nitrogens with one attached hydrogen (secondary N) is 3. The van der Waals surface area contributed by atoms with E-state index in [0.29, 0.717) is 37.0 Å². The van der Waals surface area contributed by atoms with Crippen LogP contribution in [0.15, 0.2) is 35.2 Å². The molecule has 3 N–H and O–H groups in total. The molecule has 4 rings (SSSR count). The molecule has 2 amide bonds. The number of carbonyl (C=O) groups excluding carboxylic acids is 1. The van der Waals surface area contributed by atoms with E-state index in [4.69, 9.17) is 4.42 Å². The van der Waals surface area contributed by atoms with Crippen LogP contribution < -0.4 is 5.32 Å². The van der Waals surface area contributed by atoms with E-state index in [1.54, 1.807) is 24.6 Å². The van der Waals surface area contributed by atoms with Gasteiger partial charge in [-0.2, -0.15) is 0 Å². The van der Waals surface area contributed by atoms with Crippen LogP contribution >= 0.6 is 0 Å². The molecule has 10 nitrogen and oxygen atoms in total. The van der Waals surface area contributed by atoms with Crippen molar-refractivity contribution < 1.29 is 9.21 Å². The van der Waals surface area contributed by atoms with Crippen molar-refractivity contribution in [2.24, 2.45) is 0 Å². The van der Waals surface area contributed by atoms with Gasteiger partial charge in [-0.25, -0.2) is 14.8 Å². The van der Waals surface area contributed by atoms with Gasteiger partial charge in [0.1, 0.15) is 11.6 Å². The fourth-order valence-corrected chi connectivity index (χ4v) is 2.87. The van der Waals surface area contributed by atoms with Crippen LogP contribution in [0, 0.1) is 0 Å². The highest BCUT2D eigenvalue weighted by Gasteiger charge is 2.21. The Hall–Kier alpha value is -3.14. The van der Waals surface area contributed by atoms with E-state index < -0.39 is 0 Å². The van der Waals surface area contributed by atoms with Crippen molar-refractivity contribution in [1.82, 2.24) is 40.3 Å². The summed E-state index contributed by atoms with van der Waals surface area (Å²) in [5.41, 5.74) is 0. The van der Waals surface area contributed by atoms with E-state index in [1.807, 2.05) is 11.1 Å². The second-order valence-electron chi connectivity index (χ2n) is 6.04. The Morgan fingerprint density at radius 2 is 2.15 bits per heavy atom. The fraction of sp³-hybridized carbons (Fsp3) is 0.375. The second-order valence-corrected chi connectivity index (χ2v) is 6.04. The number of piperazine rings is 1. The van der Waals surface area contributed by atoms with E-state index in [0.717, 1.165) is 25.5 Å². The van der Waals surface area contributed by atoms with Gasteiger partial charge in [0, 0.05) is 38.6 Å². The van der Waals surface area contributed by atoms with Crippen LogP contribution in [0.25, 0.3) is 11.6 Å². The van der Waals surface area contributed by atoms with Crippen molar-refractivity contribution >= 4 is 6.03 Å². The lowest BCUT2D eigenvalue weighted by atomic mass is 10.3. The molecule has 1 fully saturated rings. The van der Waals surface area contributed by atoms with Crippen LogP contribution in [0.5, 0.6) is 0 Å². The average Bonchev–Trinajstić information content (AvgIpc) is 3.41. The van der Waals surface area contributed by atoms with Gasteiger partial charge in [-0.1, -0.05) is 0 Å². The molecule has 136 valence electrons. The van der Waals surface area contributed by atoms with Gasteiger partial charge in [-0.15, -0.1) is 5.10 Å². The number of furan rings is 1. The summed E-state index contributed by atoms with van der Waals surface area (Å²) >= 11 is 0. The van der Waals surface area contributed by atoms with Crippen LogP contribution in [-0.2, 0) is 13.1 Å². The molecular weight excluding hydrogens is 336 g/mol. The Bertz CT molecular complexity index is 818. The minimum Gasteiger partial charge on any atom is -0.461 e. The number of hydrogen-bond donors (Lipinski definition) is 3. The van der Waals surface area contributed by atoms with Crippen LogP contribution in [0.4, 0.5) is 4.79 Å². The minimum atomic E-state index is -0.0985. The first-order valence-electron chi connectivity index (χ1n) is 8.46. The summed E-state index contributed by atoms with van der Waals surface area (Å²) in [5, 5.41) is 9.77. The van der Waals surface area contributed by atoms with E-state index in [9.17, 15) is 4.79 Å². The molecule has 1 saturated heterocycles. The molecule has 0 radical (unpaired) electrons. The van der Waals surface area contributed by atoms with Crippen LogP contribution in [0.2, 0.25) is 0 Å². The number of aromatic nitrogens is 5. The van der Waals surface area contributed by atoms with Crippen molar-refractivity contribution in [2.75, 3.05) is 26.2 Å². The summed E-state index contributed by atoms with van der Waals surface area (Å²) < 4.78 is 5.25. The normalized spacial score (nSPS) is 15.3. The first-order valence-corrected chi connectivity index (χ1v) is 8.46. The predicted octanol–water partition coefficient (Wildman–Crippen LogP) is 0.815. The fourth-order valence-electron chi connectivity index (χ4n) is 2.87.